The van der Waals surface area contributed by atoms with Crippen LogP contribution in [0.1, 0.15) is 6.42 Å². The number of methoxy groups -OCH3 is 1. The molecule has 0 rings (SSSR count). The zero-order valence-corrected chi connectivity index (χ0v) is 9.98. The molecule has 2 nitrogen and oxygen atoms in total. The van der Waals surface area contributed by atoms with Gasteiger partial charge in [-0.2, -0.15) is 0 Å². The molecule has 0 aliphatic rings. The molecule has 0 aliphatic carbocycles. The third-order valence-electron chi connectivity index (χ3n) is 0.964. The van der Waals surface area contributed by atoms with Crippen molar-refractivity contribution in [3.8, 4) is 0 Å². The van der Waals surface area contributed by atoms with E-state index in [1.165, 1.54) is 18.9 Å². The SMILES string of the molecule is COC(=O)CCSC(S)=C(S)S. The van der Waals surface area contributed by atoms with Gasteiger partial charge in [0, 0.05) is 5.75 Å². The first-order valence-corrected chi connectivity index (χ1v) is 5.41. The van der Waals surface area contributed by atoms with Crippen molar-refractivity contribution in [2.75, 3.05) is 12.9 Å². The summed E-state index contributed by atoms with van der Waals surface area (Å²) in [5.41, 5.74) is 0. The van der Waals surface area contributed by atoms with Crippen LogP contribution in [0.5, 0.6) is 0 Å². The second-order valence-corrected chi connectivity index (χ2v) is 4.91. The minimum Gasteiger partial charge on any atom is -0.469 e. The molecule has 0 amide bonds. The van der Waals surface area contributed by atoms with Crippen LogP contribution in [0, 0.1) is 0 Å². The molecule has 0 heterocycles. The Morgan fingerprint density at radius 1 is 1.42 bits per heavy atom. The van der Waals surface area contributed by atoms with Crippen molar-refractivity contribution in [1.29, 1.82) is 0 Å². The maximum Gasteiger partial charge on any atom is 0.306 e. The molecule has 70 valence electrons. The van der Waals surface area contributed by atoms with Gasteiger partial charge in [-0.05, 0) is 0 Å². The molecule has 0 N–H and O–H groups in total. The van der Waals surface area contributed by atoms with Crippen molar-refractivity contribution in [2.24, 2.45) is 0 Å². The first kappa shape index (κ1) is 12.6. The van der Waals surface area contributed by atoms with Crippen LogP contribution in [0.25, 0.3) is 0 Å². The Kier molecular flexibility index (Phi) is 7.41. The third kappa shape index (κ3) is 6.16. The number of hydrogen-bond donors (Lipinski definition) is 3. The molecule has 0 bridgehead atoms. The van der Waals surface area contributed by atoms with E-state index in [0.717, 1.165) is 0 Å². The van der Waals surface area contributed by atoms with Gasteiger partial charge in [-0.15, -0.1) is 49.6 Å². The van der Waals surface area contributed by atoms with Gasteiger partial charge in [0.25, 0.3) is 0 Å². The van der Waals surface area contributed by atoms with Crippen molar-refractivity contribution >= 4 is 55.6 Å². The summed E-state index contributed by atoms with van der Waals surface area (Å²) in [6, 6.07) is 0. The number of carbonyl (C=O) groups is 1. The number of carbonyl (C=O) groups excluding carboxylic acids is 1. The van der Waals surface area contributed by atoms with Gasteiger partial charge in [0.1, 0.15) is 0 Å². The lowest BCUT2D eigenvalue weighted by Gasteiger charge is -2.00. The molecule has 0 saturated carbocycles. The summed E-state index contributed by atoms with van der Waals surface area (Å²) in [7, 11) is 1.37. The molecule has 0 spiro atoms. The lowest BCUT2D eigenvalue weighted by Crippen LogP contribution is -2.00. The second-order valence-electron chi connectivity index (χ2n) is 1.80. The summed E-state index contributed by atoms with van der Waals surface area (Å²) < 4.78 is 5.74. The fourth-order valence-electron chi connectivity index (χ4n) is 0.398. The van der Waals surface area contributed by atoms with E-state index in [0.29, 0.717) is 20.6 Å². The number of rotatable bonds is 4. The van der Waals surface area contributed by atoms with E-state index < -0.39 is 0 Å². The number of ether oxygens (including phenoxy) is 1. The maximum absolute atomic E-state index is 10.6. The van der Waals surface area contributed by atoms with Crippen molar-refractivity contribution in [3.63, 3.8) is 0 Å². The predicted octanol–water partition coefficient (Wildman–Crippen LogP) is 2.20. The zero-order chi connectivity index (χ0) is 9.56. The largest absolute Gasteiger partial charge is 0.469 e. The highest BCUT2D eigenvalue weighted by Crippen LogP contribution is 2.27. The molecule has 0 aromatic carbocycles. The molecular weight excluding hydrogens is 232 g/mol. The fourth-order valence-corrected chi connectivity index (χ4v) is 1.65. The second kappa shape index (κ2) is 7.06. The first-order valence-electron chi connectivity index (χ1n) is 3.08. The summed E-state index contributed by atoms with van der Waals surface area (Å²) in [5, 5.41) is 0. The smallest absolute Gasteiger partial charge is 0.306 e. The number of esters is 1. The van der Waals surface area contributed by atoms with E-state index in [4.69, 9.17) is 0 Å². The van der Waals surface area contributed by atoms with Gasteiger partial charge >= 0.3 is 5.97 Å². The van der Waals surface area contributed by atoms with Crippen LogP contribution in [-0.2, 0) is 9.53 Å². The standard InChI is InChI=1S/C6H10O2S4/c1-8-4(7)2-3-12-6(11)5(9)10/h9-11H,2-3H2,1H3. The Labute approximate surface area is 92.7 Å². The van der Waals surface area contributed by atoms with Gasteiger partial charge in [0.15, 0.2) is 0 Å². The number of thioether (sulfide) groups is 1. The molecule has 0 atom stereocenters. The lowest BCUT2D eigenvalue weighted by atomic mass is 10.5. The van der Waals surface area contributed by atoms with Crippen LogP contribution in [0.4, 0.5) is 0 Å². The minimum atomic E-state index is -0.219. The normalized spacial score (nSPS) is 9.33. The van der Waals surface area contributed by atoms with E-state index in [1.807, 2.05) is 0 Å². The quantitative estimate of drug-likeness (QED) is 0.521. The molecule has 0 unspecified atom stereocenters. The van der Waals surface area contributed by atoms with Gasteiger partial charge in [-0.3, -0.25) is 4.79 Å². The fraction of sp³-hybridized carbons (Fsp3) is 0.500. The Morgan fingerprint density at radius 2 is 2.00 bits per heavy atom. The average molecular weight is 242 g/mol. The molecule has 0 aromatic rings. The van der Waals surface area contributed by atoms with E-state index in [2.05, 4.69) is 42.6 Å². The van der Waals surface area contributed by atoms with Gasteiger partial charge in [-0.25, -0.2) is 0 Å². The van der Waals surface area contributed by atoms with E-state index in [-0.39, 0.29) is 5.97 Å². The summed E-state index contributed by atoms with van der Waals surface area (Å²) in [6.07, 6.45) is 0.375. The molecule has 0 radical (unpaired) electrons. The van der Waals surface area contributed by atoms with Crippen molar-refractivity contribution in [2.45, 2.75) is 6.42 Å². The van der Waals surface area contributed by atoms with E-state index in [1.54, 1.807) is 0 Å². The van der Waals surface area contributed by atoms with Gasteiger partial charge < -0.3 is 4.74 Å². The average Bonchev–Trinajstić information content (AvgIpc) is 2.03. The van der Waals surface area contributed by atoms with Crippen LogP contribution in [0.3, 0.4) is 0 Å². The number of hydrogen-bond acceptors (Lipinski definition) is 6. The Bertz CT molecular complexity index is 186. The minimum absolute atomic E-state index is 0.219. The molecule has 6 heteroatoms. The molecule has 12 heavy (non-hydrogen) atoms. The van der Waals surface area contributed by atoms with Crippen LogP contribution >= 0.6 is 49.6 Å². The van der Waals surface area contributed by atoms with Crippen LogP contribution in [-0.4, -0.2) is 18.8 Å². The molecule has 0 fully saturated rings. The number of thiol groups is 3. The summed E-state index contributed by atoms with van der Waals surface area (Å²) in [4.78, 5) is 10.6. The first-order chi connectivity index (χ1) is 5.57. The Morgan fingerprint density at radius 3 is 2.42 bits per heavy atom. The Balaban J connectivity index is 3.58. The van der Waals surface area contributed by atoms with Crippen molar-refractivity contribution < 1.29 is 9.53 Å². The van der Waals surface area contributed by atoms with Crippen LogP contribution < -0.4 is 0 Å². The van der Waals surface area contributed by atoms with Crippen LogP contribution in [0.15, 0.2) is 8.47 Å². The molecule has 0 aromatic heterocycles. The van der Waals surface area contributed by atoms with Gasteiger partial charge in [0.05, 0.1) is 22.0 Å². The van der Waals surface area contributed by atoms with Crippen molar-refractivity contribution in [1.82, 2.24) is 0 Å². The predicted molar refractivity (Wildman–Crippen MR) is 63.1 cm³/mol. The highest BCUT2D eigenvalue weighted by molar-refractivity contribution is 8.18. The van der Waals surface area contributed by atoms with E-state index >= 15 is 0 Å². The molecule has 0 aliphatic heterocycles. The summed E-state index contributed by atoms with van der Waals surface area (Å²) >= 11 is 13.5. The molecule has 0 saturated heterocycles. The lowest BCUT2D eigenvalue weighted by molar-refractivity contribution is -0.140. The Hall–Kier alpha value is 0.610. The van der Waals surface area contributed by atoms with Crippen molar-refractivity contribution in [3.05, 3.63) is 8.47 Å². The maximum atomic E-state index is 10.6. The van der Waals surface area contributed by atoms with Gasteiger partial charge in [0.2, 0.25) is 0 Å². The highest BCUT2D eigenvalue weighted by atomic mass is 32.2. The summed E-state index contributed by atoms with van der Waals surface area (Å²) in [6.45, 7) is 0. The summed E-state index contributed by atoms with van der Waals surface area (Å²) in [5.74, 6) is 0.416. The highest BCUT2D eigenvalue weighted by Gasteiger charge is 2.01. The third-order valence-corrected chi connectivity index (χ3v) is 3.56. The monoisotopic (exact) mass is 242 g/mol. The topological polar surface area (TPSA) is 26.3 Å². The zero-order valence-electron chi connectivity index (χ0n) is 6.48. The van der Waals surface area contributed by atoms with Crippen LogP contribution in [0.2, 0.25) is 0 Å². The van der Waals surface area contributed by atoms with Gasteiger partial charge in [-0.1, -0.05) is 0 Å². The molecular formula is C6H10O2S4. The van der Waals surface area contributed by atoms with E-state index in [9.17, 15) is 4.79 Å².